The first-order valence-corrected chi connectivity index (χ1v) is 7.00. The molecule has 0 unspecified atom stereocenters. The van der Waals surface area contributed by atoms with Gasteiger partial charge in [-0.25, -0.2) is 9.78 Å². The Hall–Kier alpha value is -2.40. The first-order chi connectivity index (χ1) is 9.74. The lowest BCUT2D eigenvalue weighted by molar-refractivity contribution is 0.0696. The van der Waals surface area contributed by atoms with Gasteiger partial charge in [0.05, 0.1) is 5.56 Å². The van der Waals surface area contributed by atoms with Crippen LogP contribution in [0.5, 0.6) is 0 Å². The van der Waals surface area contributed by atoms with Crippen LogP contribution in [0, 0.1) is 0 Å². The Balaban J connectivity index is 1.74. The zero-order chi connectivity index (χ0) is 13.9. The smallest absolute Gasteiger partial charge is 0.337 e. The molecule has 2 heterocycles. The van der Waals surface area contributed by atoms with E-state index in [4.69, 9.17) is 5.11 Å². The second kappa shape index (κ2) is 5.30. The summed E-state index contributed by atoms with van der Waals surface area (Å²) in [7, 11) is 0. The molecule has 1 aromatic carbocycles. The first kappa shape index (κ1) is 12.6. The zero-order valence-electron chi connectivity index (χ0n) is 10.5. The Labute approximate surface area is 119 Å². The molecule has 0 aliphatic heterocycles. The first-order valence-electron chi connectivity index (χ1n) is 6.12. The van der Waals surface area contributed by atoms with Crippen molar-refractivity contribution in [3.8, 4) is 0 Å². The van der Waals surface area contributed by atoms with Gasteiger partial charge in [0.15, 0.2) is 0 Å². The number of carbonyl (C=O) groups is 1. The molecule has 100 valence electrons. The molecule has 0 saturated heterocycles. The van der Waals surface area contributed by atoms with Gasteiger partial charge in [0.2, 0.25) is 0 Å². The molecule has 0 bridgehead atoms. The predicted molar refractivity (Wildman–Crippen MR) is 80.3 cm³/mol. The predicted octanol–water partition coefficient (Wildman–Crippen LogP) is 3.61. The van der Waals surface area contributed by atoms with E-state index < -0.39 is 5.97 Å². The fourth-order valence-corrected chi connectivity index (χ4v) is 2.94. The fraction of sp³-hybridized carbons (Fsp3) is 0.0667. The summed E-state index contributed by atoms with van der Waals surface area (Å²) >= 11 is 1.72. The van der Waals surface area contributed by atoms with Crippen LogP contribution in [0.4, 0.5) is 5.82 Å². The molecular formula is C15H12N2O2S. The van der Waals surface area contributed by atoms with Gasteiger partial charge in [-0.15, -0.1) is 11.3 Å². The highest BCUT2D eigenvalue weighted by atomic mass is 32.1. The summed E-state index contributed by atoms with van der Waals surface area (Å²) in [5.74, 6) is -0.293. The van der Waals surface area contributed by atoms with Crippen LogP contribution in [0.1, 0.15) is 15.9 Å². The van der Waals surface area contributed by atoms with Crippen molar-refractivity contribution in [3.05, 3.63) is 59.1 Å². The van der Waals surface area contributed by atoms with E-state index in [0.29, 0.717) is 12.4 Å². The van der Waals surface area contributed by atoms with Crippen LogP contribution in [-0.2, 0) is 6.54 Å². The lowest BCUT2D eigenvalue weighted by atomic mass is 10.2. The number of fused-ring (bicyclic) bond motifs is 1. The summed E-state index contributed by atoms with van der Waals surface area (Å²) in [6.45, 7) is 0.670. The topological polar surface area (TPSA) is 62.2 Å². The van der Waals surface area contributed by atoms with Gasteiger partial charge in [-0.2, -0.15) is 0 Å². The highest BCUT2D eigenvalue weighted by molar-refractivity contribution is 7.17. The quantitative estimate of drug-likeness (QED) is 0.768. The second-order valence-corrected chi connectivity index (χ2v) is 5.26. The minimum atomic E-state index is -0.965. The number of aromatic nitrogens is 1. The number of carboxylic acid groups (broad SMARTS) is 1. The number of nitrogens with zero attached hydrogens (tertiary/aromatic N) is 1. The molecule has 2 aromatic heterocycles. The third kappa shape index (κ3) is 2.48. The maximum Gasteiger partial charge on any atom is 0.337 e. The second-order valence-electron chi connectivity index (χ2n) is 4.35. The monoisotopic (exact) mass is 284 g/mol. The summed E-state index contributed by atoms with van der Waals surface area (Å²) in [6, 6.07) is 11.5. The van der Waals surface area contributed by atoms with Crippen LogP contribution in [0.25, 0.3) is 10.1 Å². The van der Waals surface area contributed by atoms with Crippen molar-refractivity contribution >= 4 is 33.2 Å². The fourth-order valence-electron chi connectivity index (χ4n) is 1.98. The number of hydrogen-bond donors (Lipinski definition) is 2. The molecule has 0 atom stereocenters. The van der Waals surface area contributed by atoms with Gasteiger partial charge >= 0.3 is 5.97 Å². The van der Waals surface area contributed by atoms with E-state index in [0.717, 1.165) is 0 Å². The molecule has 0 aliphatic carbocycles. The van der Waals surface area contributed by atoms with Gasteiger partial charge in [-0.1, -0.05) is 18.2 Å². The third-order valence-corrected chi connectivity index (χ3v) is 4.04. The van der Waals surface area contributed by atoms with Crippen molar-refractivity contribution in [3.63, 3.8) is 0 Å². The van der Waals surface area contributed by atoms with Crippen LogP contribution >= 0.6 is 11.3 Å². The molecule has 0 fully saturated rings. The lowest BCUT2D eigenvalue weighted by Gasteiger charge is -2.05. The zero-order valence-corrected chi connectivity index (χ0v) is 11.4. The molecule has 20 heavy (non-hydrogen) atoms. The summed E-state index contributed by atoms with van der Waals surface area (Å²) in [5.41, 5.74) is 1.41. The Bertz CT molecular complexity index is 750. The van der Waals surface area contributed by atoms with Crippen LogP contribution in [0.3, 0.4) is 0 Å². The third-order valence-electron chi connectivity index (χ3n) is 3.03. The lowest BCUT2D eigenvalue weighted by Crippen LogP contribution is -2.02. The van der Waals surface area contributed by atoms with E-state index in [1.165, 1.54) is 21.8 Å². The van der Waals surface area contributed by atoms with E-state index in [2.05, 4.69) is 27.8 Å². The molecule has 3 aromatic rings. The van der Waals surface area contributed by atoms with Gasteiger partial charge < -0.3 is 10.4 Å². The maximum atomic E-state index is 10.7. The number of anilines is 1. The van der Waals surface area contributed by atoms with E-state index in [-0.39, 0.29) is 5.56 Å². The molecule has 5 heteroatoms. The Morgan fingerprint density at radius 2 is 2.10 bits per heavy atom. The van der Waals surface area contributed by atoms with Gasteiger partial charge in [0.25, 0.3) is 0 Å². The minimum Gasteiger partial charge on any atom is -0.478 e. The minimum absolute atomic E-state index is 0.191. The highest BCUT2D eigenvalue weighted by Crippen LogP contribution is 2.26. The Morgan fingerprint density at radius 3 is 2.85 bits per heavy atom. The summed E-state index contributed by atoms with van der Waals surface area (Å²) < 4.78 is 1.26. The van der Waals surface area contributed by atoms with Gasteiger partial charge in [-0.05, 0) is 34.5 Å². The van der Waals surface area contributed by atoms with E-state index in [1.54, 1.807) is 23.5 Å². The van der Waals surface area contributed by atoms with E-state index >= 15 is 0 Å². The SMILES string of the molecule is O=C(O)c1ccc(NCc2csc3ccccc23)nc1. The summed E-state index contributed by atoms with van der Waals surface area (Å²) in [4.78, 5) is 14.8. The number of rotatable bonds is 4. The van der Waals surface area contributed by atoms with Crippen molar-refractivity contribution in [2.24, 2.45) is 0 Å². The number of carboxylic acids is 1. The summed E-state index contributed by atoms with van der Waals surface area (Å²) in [6.07, 6.45) is 1.36. The molecule has 3 rings (SSSR count). The van der Waals surface area contributed by atoms with Crippen molar-refractivity contribution in [1.82, 2.24) is 4.98 Å². The molecule has 0 spiro atoms. The normalized spacial score (nSPS) is 10.6. The van der Waals surface area contributed by atoms with Crippen molar-refractivity contribution in [2.75, 3.05) is 5.32 Å². The van der Waals surface area contributed by atoms with Crippen molar-refractivity contribution in [2.45, 2.75) is 6.54 Å². The standard InChI is InChI=1S/C15H12N2O2S/c18-15(19)10-5-6-14(16-7-10)17-8-11-9-20-13-4-2-1-3-12(11)13/h1-7,9H,8H2,(H,16,17)(H,18,19). The molecule has 0 aliphatic rings. The van der Waals surface area contributed by atoms with Gasteiger partial charge in [0, 0.05) is 17.4 Å². The largest absolute Gasteiger partial charge is 0.478 e. The van der Waals surface area contributed by atoms with Crippen LogP contribution < -0.4 is 5.32 Å². The van der Waals surface area contributed by atoms with E-state index in [1.807, 2.05) is 12.1 Å². The van der Waals surface area contributed by atoms with Gasteiger partial charge in [0.1, 0.15) is 5.82 Å². The Kier molecular flexibility index (Phi) is 3.35. The van der Waals surface area contributed by atoms with Crippen LogP contribution in [0.2, 0.25) is 0 Å². The van der Waals surface area contributed by atoms with Crippen molar-refractivity contribution in [1.29, 1.82) is 0 Å². The highest BCUT2D eigenvalue weighted by Gasteiger charge is 2.05. The molecule has 0 saturated carbocycles. The van der Waals surface area contributed by atoms with E-state index in [9.17, 15) is 4.79 Å². The number of pyridine rings is 1. The van der Waals surface area contributed by atoms with Gasteiger partial charge in [-0.3, -0.25) is 0 Å². The van der Waals surface area contributed by atoms with Crippen LogP contribution in [-0.4, -0.2) is 16.1 Å². The van der Waals surface area contributed by atoms with Crippen LogP contribution in [0.15, 0.2) is 48.0 Å². The summed E-state index contributed by atoms with van der Waals surface area (Å²) in [5, 5.41) is 15.4. The number of hydrogen-bond acceptors (Lipinski definition) is 4. The number of benzene rings is 1. The number of thiophene rings is 1. The molecule has 4 nitrogen and oxygen atoms in total. The molecular weight excluding hydrogens is 272 g/mol. The number of aromatic carboxylic acids is 1. The number of nitrogens with one attached hydrogen (secondary N) is 1. The Morgan fingerprint density at radius 1 is 1.25 bits per heavy atom. The molecule has 0 radical (unpaired) electrons. The molecule has 0 amide bonds. The molecule has 2 N–H and O–H groups in total. The maximum absolute atomic E-state index is 10.7. The average Bonchev–Trinajstić information content (AvgIpc) is 2.89. The average molecular weight is 284 g/mol. The van der Waals surface area contributed by atoms with Crippen molar-refractivity contribution < 1.29 is 9.90 Å².